The number of rotatable bonds is 1. The van der Waals surface area contributed by atoms with Crippen molar-refractivity contribution in [1.29, 1.82) is 0 Å². The van der Waals surface area contributed by atoms with Gasteiger partial charge in [-0.25, -0.2) is 4.39 Å². The highest BCUT2D eigenvalue weighted by atomic mass is 19.1. The summed E-state index contributed by atoms with van der Waals surface area (Å²) >= 11 is 0. The molecule has 3 rings (SSSR count). The average Bonchev–Trinajstić information content (AvgIpc) is 2.79. The van der Waals surface area contributed by atoms with Crippen LogP contribution in [0.15, 0.2) is 12.1 Å². The molecule has 0 spiro atoms. The highest BCUT2D eigenvalue weighted by molar-refractivity contribution is 5.34. The number of fused-ring (bicyclic) bond motifs is 1. The summed E-state index contributed by atoms with van der Waals surface area (Å²) in [4.78, 5) is 0. The Morgan fingerprint density at radius 2 is 1.89 bits per heavy atom. The van der Waals surface area contributed by atoms with Crippen LogP contribution in [0.25, 0.3) is 5.82 Å². The third kappa shape index (κ3) is 1.89. The summed E-state index contributed by atoms with van der Waals surface area (Å²) in [6, 6.07) is 3.93. The first-order valence-corrected chi connectivity index (χ1v) is 6.43. The van der Waals surface area contributed by atoms with Gasteiger partial charge in [0.2, 0.25) is 0 Å². The molecule has 2 aromatic rings. The maximum atomic E-state index is 14.5. The second kappa shape index (κ2) is 3.93. The molecule has 5 heteroatoms. The van der Waals surface area contributed by atoms with E-state index in [1.165, 1.54) is 0 Å². The van der Waals surface area contributed by atoms with Gasteiger partial charge in [-0.15, -0.1) is 0 Å². The minimum absolute atomic E-state index is 0.269. The average molecular weight is 263 g/mol. The van der Waals surface area contributed by atoms with E-state index in [4.69, 9.17) is 4.74 Å². The highest BCUT2D eigenvalue weighted by Crippen LogP contribution is 2.28. The maximum absolute atomic E-state index is 14.5. The van der Waals surface area contributed by atoms with Crippen LogP contribution in [0, 0.1) is 19.7 Å². The van der Waals surface area contributed by atoms with Crippen molar-refractivity contribution in [2.45, 2.75) is 46.4 Å². The molecule has 3 heterocycles. The highest BCUT2D eigenvalue weighted by Gasteiger charge is 2.31. The van der Waals surface area contributed by atoms with E-state index < -0.39 is 0 Å². The second-order valence-electron chi connectivity index (χ2n) is 5.74. The largest absolute Gasteiger partial charge is 0.367 e. The van der Waals surface area contributed by atoms with Gasteiger partial charge in [0.05, 0.1) is 18.8 Å². The van der Waals surface area contributed by atoms with Crippen molar-refractivity contribution >= 4 is 0 Å². The molecular formula is C14H18FN3O. The van der Waals surface area contributed by atoms with Crippen molar-refractivity contribution in [2.75, 3.05) is 0 Å². The Bertz CT molecular complexity index is 620. The molecule has 1 aliphatic heterocycles. The maximum Gasteiger partial charge on any atom is 0.195 e. The Kier molecular flexibility index (Phi) is 2.57. The summed E-state index contributed by atoms with van der Waals surface area (Å²) in [6.07, 6.45) is 0. The molecule has 0 unspecified atom stereocenters. The number of aromatic nitrogens is 3. The molecule has 0 radical (unpaired) electrons. The first-order chi connectivity index (χ1) is 8.89. The molecule has 0 amide bonds. The first-order valence-electron chi connectivity index (χ1n) is 6.43. The van der Waals surface area contributed by atoms with Crippen LogP contribution >= 0.6 is 0 Å². The van der Waals surface area contributed by atoms with Crippen molar-refractivity contribution in [3.63, 3.8) is 0 Å². The molecular weight excluding hydrogens is 245 g/mol. The molecule has 0 atom stereocenters. The number of aryl methyl sites for hydroxylation is 2. The Morgan fingerprint density at radius 3 is 2.53 bits per heavy atom. The lowest BCUT2D eigenvalue weighted by atomic mass is 10.1. The van der Waals surface area contributed by atoms with Crippen LogP contribution in [0.4, 0.5) is 4.39 Å². The Hall–Kier alpha value is -1.62. The van der Waals surface area contributed by atoms with E-state index >= 15 is 0 Å². The van der Waals surface area contributed by atoms with Crippen LogP contribution in [-0.2, 0) is 17.9 Å². The van der Waals surface area contributed by atoms with Crippen molar-refractivity contribution in [3.05, 3.63) is 35.0 Å². The van der Waals surface area contributed by atoms with Crippen LogP contribution < -0.4 is 0 Å². The molecule has 0 saturated carbocycles. The Morgan fingerprint density at radius 1 is 1.26 bits per heavy atom. The molecule has 0 aliphatic carbocycles. The summed E-state index contributed by atoms with van der Waals surface area (Å²) in [6.45, 7) is 8.71. The molecule has 0 fully saturated rings. The summed E-state index contributed by atoms with van der Waals surface area (Å²) in [7, 11) is 0. The van der Waals surface area contributed by atoms with Crippen LogP contribution in [0.1, 0.15) is 30.9 Å². The summed E-state index contributed by atoms with van der Waals surface area (Å²) in [5.41, 5.74) is 2.18. The zero-order valence-electron chi connectivity index (χ0n) is 11.7. The lowest BCUT2D eigenvalue weighted by Crippen LogP contribution is -2.36. The molecule has 0 N–H and O–H groups in total. The van der Waals surface area contributed by atoms with Gasteiger partial charge in [0.25, 0.3) is 0 Å². The number of hydrogen-bond donors (Lipinski definition) is 0. The number of halogens is 1. The SMILES string of the molecule is Cc1ccc(C)n1-c1nn2c(c1F)COC(C)(C)C2. The Balaban J connectivity index is 2.13. The predicted octanol–water partition coefficient (Wildman–Crippen LogP) is 2.74. The molecule has 2 aromatic heterocycles. The van der Waals surface area contributed by atoms with Gasteiger partial charge in [0, 0.05) is 11.4 Å². The number of hydrogen-bond acceptors (Lipinski definition) is 2. The minimum Gasteiger partial charge on any atom is -0.367 e. The third-order valence-corrected chi connectivity index (χ3v) is 3.59. The lowest BCUT2D eigenvalue weighted by molar-refractivity contribution is -0.0674. The number of nitrogens with zero attached hydrogens (tertiary/aromatic N) is 3. The topological polar surface area (TPSA) is 32.0 Å². The fourth-order valence-corrected chi connectivity index (χ4v) is 2.55. The van der Waals surface area contributed by atoms with E-state index in [1.54, 1.807) is 4.68 Å². The van der Waals surface area contributed by atoms with E-state index in [9.17, 15) is 4.39 Å². The van der Waals surface area contributed by atoms with E-state index in [2.05, 4.69) is 5.10 Å². The first kappa shape index (κ1) is 12.4. The van der Waals surface area contributed by atoms with E-state index in [0.717, 1.165) is 11.4 Å². The van der Waals surface area contributed by atoms with Gasteiger partial charge in [-0.2, -0.15) is 5.10 Å². The van der Waals surface area contributed by atoms with Gasteiger partial charge >= 0.3 is 0 Å². The zero-order valence-corrected chi connectivity index (χ0v) is 11.7. The van der Waals surface area contributed by atoms with E-state index in [-0.39, 0.29) is 18.0 Å². The van der Waals surface area contributed by atoms with Crippen molar-refractivity contribution in [2.24, 2.45) is 0 Å². The van der Waals surface area contributed by atoms with Crippen LogP contribution in [0.3, 0.4) is 0 Å². The van der Waals surface area contributed by atoms with Crippen LogP contribution in [-0.4, -0.2) is 19.9 Å². The standard InChI is InChI=1S/C14H18FN3O/c1-9-5-6-10(2)18(9)13-12(15)11-7-19-14(3,4)8-17(11)16-13/h5-6H,7-8H2,1-4H3. The predicted molar refractivity (Wildman–Crippen MR) is 69.9 cm³/mol. The minimum atomic E-state index is -0.302. The molecule has 4 nitrogen and oxygen atoms in total. The van der Waals surface area contributed by atoms with Gasteiger partial charge in [0.15, 0.2) is 11.6 Å². The summed E-state index contributed by atoms with van der Waals surface area (Å²) in [5, 5.41) is 4.43. The fourth-order valence-electron chi connectivity index (χ4n) is 2.55. The van der Waals surface area contributed by atoms with Gasteiger partial charge in [-0.05, 0) is 39.8 Å². The second-order valence-corrected chi connectivity index (χ2v) is 5.74. The molecule has 0 aromatic carbocycles. The van der Waals surface area contributed by atoms with Crippen LogP contribution in [0.5, 0.6) is 0 Å². The lowest BCUT2D eigenvalue weighted by Gasteiger charge is -2.30. The van der Waals surface area contributed by atoms with Crippen molar-refractivity contribution in [1.82, 2.24) is 14.3 Å². The molecule has 0 saturated heterocycles. The summed E-state index contributed by atoms with van der Waals surface area (Å²) < 4.78 is 23.7. The normalized spacial score (nSPS) is 17.5. The Labute approximate surface area is 111 Å². The molecule has 102 valence electrons. The molecule has 19 heavy (non-hydrogen) atoms. The zero-order chi connectivity index (χ0) is 13.8. The van der Waals surface area contributed by atoms with Crippen LogP contribution in [0.2, 0.25) is 0 Å². The molecule has 1 aliphatic rings. The van der Waals surface area contributed by atoms with Crippen molar-refractivity contribution < 1.29 is 9.13 Å². The van der Waals surface area contributed by atoms with Gasteiger partial charge < -0.3 is 4.74 Å². The van der Waals surface area contributed by atoms with Gasteiger partial charge in [-0.1, -0.05) is 0 Å². The fraction of sp³-hybridized carbons (Fsp3) is 0.500. The van der Waals surface area contributed by atoms with E-state index in [0.29, 0.717) is 18.1 Å². The third-order valence-electron chi connectivity index (χ3n) is 3.59. The summed E-state index contributed by atoms with van der Waals surface area (Å²) in [5.74, 6) is 0.0919. The number of ether oxygens (including phenoxy) is 1. The van der Waals surface area contributed by atoms with Gasteiger partial charge in [-0.3, -0.25) is 9.25 Å². The smallest absolute Gasteiger partial charge is 0.195 e. The monoisotopic (exact) mass is 263 g/mol. The molecule has 0 bridgehead atoms. The van der Waals surface area contributed by atoms with Gasteiger partial charge in [0.1, 0.15) is 5.69 Å². The van der Waals surface area contributed by atoms with E-state index in [1.807, 2.05) is 44.4 Å². The quantitative estimate of drug-likeness (QED) is 0.792. The van der Waals surface area contributed by atoms with Crippen molar-refractivity contribution in [3.8, 4) is 5.82 Å².